The number of carbonyl (C=O) groups is 7. The molecule has 0 aromatic heterocycles. The highest BCUT2D eigenvalue weighted by Crippen LogP contribution is 2.42. The standard InChI is InChI=1S/C65H96N10O20S/c1-35-31-75-56(57(35)84)62(89)67-30-45(79)28-47(68-58(85)40-9-7-38(8-10-40)39-11-15-43(16-12-39)72-22-24-73(25-23-72)44-17-13-41(14-18-44)65(3,4)5)59(86)69-53(36(2)78)63(90)74-32-46(80)29-48(74)60(87)70-54(51(83)26-37-6-19-49(81)52(27-37)95-96(92,93)94)61(88)71-55(64(75)91)50(82)20-21-66-42(33-76)34-77/h6-12,15-16,19,27,35-36,41-42,44-48,50-51,53-57,66,76-84,92-94H,13-14,17-18,20-26,28-34H2,1-5H3,(H,67,89)(H,68,85)(H,69,86)(H,70,87)(H,71,88)/t35-,36+,41?,44?,45+,46+,47?,48-,50+,51+,53-,54-,55-,56-,57-/m0/s1. The minimum atomic E-state index is -4.74. The number of nitrogens with zero attached hydrogens (tertiary/aromatic N) is 4. The number of amides is 7. The van der Waals surface area contributed by atoms with Crippen LogP contribution in [0.25, 0.3) is 11.1 Å². The smallest absolute Gasteiger partial charge is 0.266 e. The lowest BCUT2D eigenvalue weighted by atomic mass is 9.71. The maximum Gasteiger partial charge on any atom is 0.266 e. The largest absolute Gasteiger partial charge is 0.504 e. The van der Waals surface area contributed by atoms with E-state index in [0.29, 0.717) is 11.5 Å². The third kappa shape index (κ3) is 19.1. The number of anilines is 1. The Balaban J connectivity index is 1.05. The molecule has 3 aromatic carbocycles. The fourth-order valence-corrected chi connectivity index (χ4v) is 13.9. The first-order chi connectivity index (χ1) is 45.3. The zero-order chi connectivity index (χ0) is 70.1. The van der Waals surface area contributed by atoms with Crippen LogP contribution in [0.3, 0.4) is 0 Å². The van der Waals surface area contributed by atoms with E-state index in [4.69, 9.17) is 0 Å². The Bertz CT molecular complexity index is 3160. The molecule has 31 heteroatoms. The van der Waals surface area contributed by atoms with Crippen LogP contribution in [0.4, 0.5) is 5.69 Å². The molecule has 3 aromatic rings. The topological polar surface area (TPSA) is 457 Å². The van der Waals surface area contributed by atoms with Gasteiger partial charge in [-0.25, -0.2) is 0 Å². The summed E-state index contributed by atoms with van der Waals surface area (Å²) in [4.78, 5) is 109. The van der Waals surface area contributed by atoms with Crippen LogP contribution in [-0.2, 0) is 35.2 Å². The second-order valence-corrected chi connectivity index (χ2v) is 28.3. The van der Waals surface area contributed by atoms with Gasteiger partial charge in [0.2, 0.25) is 35.4 Å². The van der Waals surface area contributed by atoms with Crippen molar-refractivity contribution in [3.05, 3.63) is 77.9 Å². The molecule has 1 aliphatic carbocycles. The van der Waals surface area contributed by atoms with E-state index in [1.54, 1.807) is 12.1 Å². The highest BCUT2D eigenvalue weighted by Gasteiger charge is 2.50. The minimum absolute atomic E-state index is 0.0562. The van der Waals surface area contributed by atoms with Gasteiger partial charge in [-0.15, -0.1) is 0 Å². The van der Waals surface area contributed by atoms with Gasteiger partial charge in [-0.3, -0.25) is 52.1 Å². The van der Waals surface area contributed by atoms with E-state index in [2.05, 4.69) is 78.8 Å². The monoisotopic (exact) mass is 1370 g/mol. The molecule has 96 heavy (non-hydrogen) atoms. The number of aliphatic hydroxyl groups is 8. The lowest BCUT2D eigenvalue weighted by molar-refractivity contribution is -0.147. The molecule has 7 amide bonds. The Morgan fingerprint density at radius 2 is 1.31 bits per heavy atom. The summed E-state index contributed by atoms with van der Waals surface area (Å²) in [5.41, 5.74) is 3.05. The Morgan fingerprint density at radius 1 is 0.708 bits per heavy atom. The summed E-state index contributed by atoms with van der Waals surface area (Å²) in [6.07, 6.45) is -7.96. The zero-order valence-corrected chi connectivity index (χ0v) is 55.5. The Morgan fingerprint density at radius 3 is 1.92 bits per heavy atom. The van der Waals surface area contributed by atoms with Crippen molar-refractivity contribution < 1.29 is 97.4 Å². The number of hydrogen-bond donors (Lipinski definition) is 18. The summed E-state index contributed by atoms with van der Waals surface area (Å²) in [6, 6.07) is 5.82. The zero-order valence-electron chi connectivity index (χ0n) is 54.6. The third-order valence-electron chi connectivity index (χ3n) is 19.2. The molecule has 5 fully saturated rings. The van der Waals surface area contributed by atoms with Gasteiger partial charge < -0.3 is 96.7 Å². The third-order valence-corrected chi connectivity index (χ3v) is 19.6. The van der Waals surface area contributed by atoms with E-state index >= 15 is 0 Å². The van der Waals surface area contributed by atoms with Crippen molar-refractivity contribution in [2.45, 2.75) is 171 Å². The van der Waals surface area contributed by atoms with Crippen molar-refractivity contribution in [1.29, 1.82) is 0 Å². The van der Waals surface area contributed by atoms with Gasteiger partial charge in [0.25, 0.3) is 17.1 Å². The predicted molar refractivity (Wildman–Crippen MR) is 351 cm³/mol. The SMILES string of the molecule is C[C@@H](O)[C@@H]1NC(=O)C(NC(=O)c2ccc(-c3ccc(N4CCN(C5CCC(C(C)(C)C)CC5)CC4)cc3)cc2)C[C@@H](O)CNC(=O)[C@@H]2[C@@H](O)[C@@H](C)CN2C(=O)[C@H]([C@H](O)CCNC(CO)CO)NC(=O)[C@H]([C@H](O)Cc2ccc(O)c(OS(O)(O)O)c2)NC(=O)[C@@H]2C[C@@H](O)CN2C1=O. The summed E-state index contributed by atoms with van der Waals surface area (Å²) in [5, 5.41) is 114. The van der Waals surface area contributed by atoms with Gasteiger partial charge >= 0.3 is 0 Å². The van der Waals surface area contributed by atoms with Crippen LogP contribution >= 0.6 is 11.2 Å². The van der Waals surface area contributed by atoms with E-state index in [1.807, 2.05) is 12.1 Å². The Kier molecular flexibility index (Phi) is 25.5. The molecule has 4 aliphatic heterocycles. The number of benzene rings is 3. The van der Waals surface area contributed by atoms with E-state index < -0.39 is 201 Å². The second-order valence-electron chi connectivity index (χ2n) is 27.2. The predicted octanol–water partition coefficient (Wildman–Crippen LogP) is -1.42. The Labute approximate surface area is 559 Å². The summed E-state index contributed by atoms with van der Waals surface area (Å²) >= 11 is -4.74. The van der Waals surface area contributed by atoms with Crippen molar-refractivity contribution in [1.82, 2.24) is 46.6 Å². The molecule has 4 heterocycles. The van der Waals surface area contributed by atoms with Gasteiger partial charge in [0.05, 0.1) is 55.9 Å². The van der Waals surface area contributed by atoms with Crippen LogP contribution in [0, 0.1) is 17.3 Å². The van der Waals surface area contributed by atoms with E-state index in [1.165, 1.54) is 50.8 Å². The number of phenolic OH excluding ortho intramolecular Hbond substituents is 1. The van der Waals surface area contributed by atoms with Crippen LogP contribution in [-0.4, -0.2) is 266 Å². The first-order valence-electron chi connectivity index (χ1n) is 32.7. The number of rotatable bonds is 18. The molecule has 1 saturated carbocycles. The van der Waals surface area contributed by atoms with Crippen LogP contribution in [0.2, 0.25) is 0 Å². The number of nitrogens with one attached hydrogen (secondary N) is 6. The molecule has 4 saturated heterocycles. The normalized spacial score (nSPS) is 28.5. The highest BCUT2D eigenvalue weighted by atomic mass is 32.3. The summed E-state index contributed by atoms with van der Waals surface area (Å²) < 4.78 is 33.4. The summed E-state index contributed by atoms with van der Waals surface area (Å²) in [5.74, 6) is -9.58. The number of β-amino-alcohol motifs (C(OH)–C–C–N with tert-alkyl or cyclic N) is 1. The van der Waals surface area contributed by atoms with Gasteiger partial charge in [-0.2, -0.15) is 0 Å². The maximum absolute atomic E-state index is 15.0. The van der Waals surface area contributed by atoms with Crippen molar-refractivity contribution >= 4 is 58.2 Å². The Hall–Kier alpha value is -6.82. The molecule has 0 radical (unpaired) electrons. The van der Waals surface area contributed by atoms with Gasteiger partial charge in [0.1, 0.15) is 36.3 Å². The maximum atomic E-state index is 15.0. The van der Waals surface area contributed by atoms with Crippen LogP contribution in [0.5, 0.6) is 11.5 Å². The molecule has 1 unspecified atom stereocenters. The lowest BCUT2D eigenvalue weighted by Gasteiger charge is -2.44. The number of hydrogen-bond acceptors (Lipinski definition) is 23. The number of aliphatic hydroxyl groups excluding tert-OH is 8. The van der Waals surface area contributed by atoms with Crippen molar-refractivity contribution in [3.63, 3.8) is 0 Å². The van der Waals surface area contributed by atoms with Crippen molar-refractivity contribution in [2.24, 2.45) is 17.3 Å². The van der Waals surface area contributed by atoms with Crippen LogP contribution < -0.4 is 41.0 Å². The molecule has 13 atom stereocenters. The molecule has 5 aliphatic rings. The lowest BCUT2D eigenvalue weighted by Crippen LogP contribution is -2.64. The first kappa shape index (κ1) is 75.0. The van der Waals surface area contributed by atoms with Gasteiger partial charge in [-0.1, -0.05) is 58.0 Å². The number of carbonyl (C=O) groups excluding carboxylic acids is 7. The molecule has 18 N–H and O–H groups in total. The molecule has 0 bridgehead atoms. The average Bonchev–Trinajstić information content (AvgIpc) is 1.60. The van der Waals surface area contributed by atoms with Crippen LogP contribution in [0.15, 0.2) is 66.7 Å². The molecule has 532 valence electrons. The van der Waals surface area contributed by atoms with E-state index in [9.17, 15) is 93.2 Å². The van der Waals surface area contributed by atoms with E-state index in [-0.39, 0.29) is 24.2 Å². The number of fused-ring (bicyclic) bond motifs is 2. The van der Waals surface area contributed by atoms with Crippen LogP contribution in [0.1, 0.15) is 95.5 Å². The van der Waals surface area contributed by atoms with Gasteiger partial charge in [0.15, 0.2) is 11.5 Å². The van der Waals surface area contributed by atoms with Crippen molar-refractivity contribution in [2.75, 3.05) is 70.5 Å². The average molecular weight is 1370 g/mol. The molecular formula is C65H96N10O20S. The minimum Gasteiger partial charge on any atom is -0.504 e. The number of aromatic hydroxyl groups is 1. The van der Waals surface area contributed by atoms with Crippen molar-refractivity contribution in [3.8, 4) is 22.6 Å². The molecular weight excluding hydrogens is 1270 g/mol. The molecule has 0 spiro atoms. The fraction of sp³-hybridized carbons (Fsp3) is 0.615. The summed E-state index contributed by atoms with van der Waals surface area (Å²) in [7, 11) is 0. The molecule has 30 nitrogen and oxygen atoms in total. The van der Waals surface area contributed by atoms with Gasteiger partial charge in [0, 0.05) is 88.3 Å². The highest BCUT2D eigenvalue weighted by molar-refractivity contribution is 8.15. The van der Waals surface area contributed by atoms with Gasteiger partial charge in [-0.05, 0) is 110 Å². The summed E-state index contributed by atoms with van der Waals surface area (Å²) in [6.45, 7) is 10.4. The number of piperazine rings is 1. The van der Waals surface area contributed by atoms with E-state index in [0.717, 1.165) is 77.8 Å². The molecule has 8 rings (SSSR count). The second kappa shape index (κ2) is 32.7. The number of phenols is 1. The quantitative estimate of drug-likeness (QED) is 0.0695. The fourth-order valence-electron chi connectivity index (χ4n) is 13.5. The first-order valence-corrected chi connectivity index (χ1v) is 34.1.